The predicted molar refractivity (Wildman–Crippen MR) is 122 cm³/mol. The van der Waals surface area contributed by atoms with Gasteiger partial charge in [0, 0.05) is 49.7 Å². The molecule has 1 aliphatic rings. The van der Waals surface area contributed by atoms with Gasteiger partial charge in [-0.3, -0.25) is 9.79 Å². The molecule has 2 aromatic carbocycles. The van der Waals surface area contributed by atoms with Gasteiger partial charge >= 0.3 is 0 Å². The third-order valence-electron chi connectivity index (χ3n) is 5.43. The number of nitrogens with one attached hydrogen (secondary N) is 2. The van der Waals surface area contributed by atoms with Gasteiger partial charge in [0.15, 0.2) is 5.78 Å². The summed E-state index contributed by atoms with van der Waals surface area (Å²) in [5.74, 6) is 0.411. The van der Waals surface area contributed by atoms with E-state index < -0.39 is 12.0 Å². The highest BCUT2D eigenvalue weighted by Gasteiger charge is 2.35. The molecule has 31 heavy (non-hydrogen) atoms. The Kier molecular flexibility index (Phi) is 7.78. The normalized spacial score (nSPS) is 17.8. The summed E-state index contributed by atoms with van der Waals surface area (Å²) in [6, 6.07) is 14.3. The fourth-order valence-electron chi connectivity index (χ4n) is 3.74. The zero-order valence-electron chi connectivity index (χ0n) is 18.1. The van der Waals surface area contributed by atoms with Crippen LogP contribution in [0.3, 0.4) is 0 Å². The zero-order valence-corrected chi connectivity index (χ0v) is 18.1. The minimum atomic E-state index is -0.608. The Labute approximate surface area is 182 Å². The van der Waals surface area contributed by atoms with E-state index in [4.69, 9.17) is 19.6 Å². The van der Waals surface area contributed by atoms with Crippen molar-refractivity contribution in [2.45, 2.75) is 18.4 Å². The second-order valence-corrected chi connectivity index (χ2v) is 7.42. The molecule has 1 heterocycles. The summed E-state index contributed by atoms with van der Waals surface area (Å²) in [7, 11) is 4.81. The molecular formula is C24H29N3O4. The average Bonchev–Trinajstić information content (AvgIpc) is 3.35. The van der Waals surface area contributed by atoms with Crippen LogP contribution >= 0.6 is 0 Å². The molecule has 7 nitrogen and oxygen atoms in total. The minimum absolute atomic E-state index is 0.00365. The predicted octanol–water partition coefficient (Wildman–Crippen LogP) is 3.59. The van der Waals surface area contributed by atoms with Gasteiger partial charge in [-0.25, -0.2) is 0 Å². The highest BCUT2D eigenvalue weighted by atomic mass is 16.5. The summed E-state index contributed by atoms with van der Waals surface area (Å²) in [5, 5.41) is 12.1. The molecule has 3 atom stereocenters. The number of hydrogen-bond acceptors (Lipinski definition) is 7. The lowest BCUT2D eigenvalue weighted by molar-refractivity contribution is -0.114. The molecule has 164 valence electrons. The van der Waals surface area contributed by atoms with Gasteiger partial charge in [0.1, 0.15) is 11.5 Å². The third-order valence-corrected chi connectivity index (χ3v) is 5.43. The molecule has 0 spiro atoms. The quantitative estimate of drug-likeness (QED) is 0.570. The van der Waals surface area contributed by atoms with Crippen LogP contribution in [0, 0.1) is 11.3 Å². The van der Waals surface area contributed by atoms with Gasteiger partial charge in [0.2, 0.25) is 0 Å². The first-order valence-electron chi connectivity index (χ1n) is 10.2. The first-order chi connectivity index (χ1) is 15.1. The molecule has 0 aliphatic carbocycles. The summed E-state index contributed by atoms with van der Waals surface area (Å²) < 4.78 is 16.3. The Bertz CT molecular complexity index is 901. The summed E-state index contributed by atoms with van der Waals surface area (Å²) in [6.07, 6.45) is 2.39. The van der Waals surface area contributed by atoms with Crippen LogP contribution in [0.5, 0.6) is 11.5 Å². The van der Waals surface area contributed by atoms with Gasteiger partial charge in [0.05, 0.1) is 38.5 Å². The molecule has 3 unspecified atom stereocenters. The maximum atomic E-state index is 13.6. The van der Waals surface area contributed by atoms with Crippen LogP contribution in [0.2, 0.25) is 0 Å². The molecule has 1 fully saturated rings. The zero-order chi connectivity index (χ0) is 22.2. The van der Waals surface area contributed by atoms with Gasteiger partial charge < -0.3 is 24.9 Å². The van der Waals surface area contributed by atoms with Crippen molar-refractivity contribution in [3.8, 4) is 11.5 Å². The number of aliphatic imine (C=N–C) groups is 1. The van der Waals surface area contributed by atoms with Crippen LogP contribution in [0.4, 0.5) is 5.69 Å². The molecule has 0 amide bonds. The molecule has 2 aromatic rings. The maximum Gasteiger partial charge on any atom is 0.199 e. The molecule has 1 saturated heterocycles. The van der Waals surface area contributed by atoms with Crippen LogP contribution in [-0.2, 0) is 9.53 Å². The van der Waals surface area contributed by atoms with Crippen molar-refractivity contribution in [1.29, 1.82) is 5.41 Å². The molecule has 2 N–H and O–H groups in total. The molecule has 0 bridgehead atoms. The number of ketones is 1. The number of anilines is 1. The summed E-state index contributed by atoms with van der Waals surface area (Å²) >= 11 is 0. The van der Waals surface area contributed by atoms with Crippen molar-refractivity contribution >= 4 is 23.4 Å². The number of ether oxygens (including phenoxy) is 3. The number of rotatable bonds is 10. The van der Waals surface area contributed by atoms with Gasteiger partial charge in [-0.2, -0.15) is 0 Å². The SMILES string of the molecule is CN=CC(C(=N)C(=O)C(Nc1cc(OC)cc(OC)c1)C1CCOC1)c1ccccc1. The number of carbonyl (C=O) groups is 1. The van der Waals surface area contributed by atoms with E-state index >= 15 is 0 Å². The Morgan fingerprint density at radius 3 is 2.42 bits per heavy atom. The van der Waals surface area contributed by atoms with Gasteiger partial charge in [0.25, 0.3) is 0 Å². The summed E-state index contributed by atoms with van der Waals surface area (Å²) in [6.45, 7) is 1.07. The van der Waals surface area contributed by atoms with Gasteiger partial charge in [-0.1, -0.05) is 30.3 Å². The van der Waals surface area contributed by atoms with E-state index in [1.807, 2.05) is 42.5 Å². The number of Topliss-reactive ketones (excluding diaryl/α,β-unsaturated/α-hetero) is 1. The van der Waals surface area contributed by atoms with Crippen LogP contribution in [-0.4, -0.2) is 58.2 Å². The Morgan fingerprint density at radius 2 is 1.87 bits per heavy atom. The van der Waals surface area contributed by atoms with Crippen LogP contribution in [0.25, 0.3) is 0 Å². The number of methoxy groups -OCH3 is 2. The summed E-state index contributed by atoms with van der Waals surface area (Å²) in [5.41, 5.74) is 1.54. The molecule has 0 saturated carbocycles. The van der Waals surface area contributed by atoms with Crippen molar-refractivity contribution in [2.75, 3.05) is 39.8 Å². The Morgan fingerprint density at radius 1 is 1.19 bits per heavy atom. The molecule has 0 aromatic heterocycles. The largest absolute Gasteiger partial charge is 0.497 e. The van der Waals surface area contributed by atoms with Crippen LogP contribution < -0.4 is 14.8 Å². The Hall–Kier alpha value is -3.19. The fourth-order valence-corrected chi connectivity index (χ4v) is 3.74. The lowest BCUT2D eigenvalue weighted by atomic mass is 9.85. The number of benzene rings is 2. The van der Waals surface area contributed by atoms with Gasteiger partial charge in [-0.15, -0.1) is 0 Å². The van der Waals surface area contributed by atoms with E-state index in [1.54, 1.807) is 33.5 Å². The Balaban J connectivity index is 1.91. The van der Waals surface area contributed by atoms with E-state index in [1.165, 1.54) is 0 Å². The monoisotopic (exact) mass is 423 g/mol. The van der Waals surface area contributed by atoms with E-state index in [0.29, 0.717) is 30.4 Å². The lowest BCUT2D eigenvalue weighted by Crippen LogP contribution is -2.43. The first kappa shape index (κ1) is 22.5. The molecule has 7 heteroatoms. The highest BCUT2D eigenvalue weighted by molar-refractivity contribution is 6.45. The molecular weight excluding hydrogens is 394 g/mol. The topological polar surface area (TPSA) is 93.0 Å². The van der Waals surface area contributed by atoms with E-state index in [-0.39, 0.29) is 17.4 Å². The number of nitrogens with zero attached hydrogens (tertiary/aromatic N) is 1. The molecule has 3 rings (SSSR count). The van der Waals surface area contributed by atoms with Crippen molar-refractivity contribution in [2.24, 2.45) is 10.9 Å². The van der Waals surface area contributed by atoms with Crippen LogP contribution in [0.15, 0.2) is 53.5 Å². The minimum Gasteiger partial charge on any atom is -0.497 e. The fraction of sp³-hybridized carbons (Fsp3) is 0.375. The third kappa shape index (κ3) is 5.49. The first-order valence-corrected chi connectivity index (χ1v) is 10.2. The lowest BCUT2D eigenvalue weighted by Gasteiger charge is -2.26. The maximum absolute atomic E-state index is 13.6. The molecule has 1 aliphatic heterocycles. The number of hydrogen-bond donors (Lipinski definition) is 2. The van der Waals surface area contributed by atoms with Gasteiger partial charge in [-0.05, 0) is 12.0 Å². The second kappa shape index (κ2) is 10.7. The highest BCUT2D eigenvalue weighted by Crippen LogP contribution is 2.29. The van der Waals surface area contributed by atoms with Crippen molar-refractivity contribution in [3.63, 3.8) is 0 Å². The van der Waals surface area contributed by atoms with E-state index in [0.717, 1.165) is 12.0 Å². The van der Waals surface area contributed by atoms with Crippen molar-refractivity contribution in [1.82, 2.24) is 0 Å². The average molecular weight is 424 g/mol. The van der Waals surface area contributed by atoms with E-state index in [2.05, 4.69) is 10.3 Å². The van der Waals surface area contributed by atoms with Crippen molar-refractivity contribution < 1.29 is 19.0 Å². The molecule has 0 radical (unpaired) electrons. The van der Waals surface area contributed by atoms with Crippen molar-refractivity contribution in [3.05, 3.63) is 54.1 Å². The summed E-state index contributed by atoms with van der Waals surface area (Å²) in [4.78, 5) is 17.7. The van der Waals surface area contributed by atoms with E-state index in [9.17, 15) is 4.79 Å². The number of carbonyl (C=O) groups excluding carboxylic acids is 1. The van der Waals surface area contributed by atoms with Crippen LogP contribution in [0.1, 0.15) is 17.9 Å². The smallest absolute Gasteiger partial charge is 0.199 e. The standard InChI is InChI=1S/C24H29N3O4/c1-26-14-21(16-7-5-4-6-8-16)22(25)24(28)23(17-9-10-31-15-17)27-18-11-19(29-2)13-20(12-18)30-3/h4-8,11-14,17,21,23,25,27H,9-10,15H2,1-3H3. The second-order valence-electron chi connectivity index (χ2n) is 7.42.